The van der Waals surface area contributed by atoms with Crippen molar-refractivity contribution >= 4 is 52.3 Å². The van der Waals surface area contributed by atoms with E-state index >= 15 is 0 Å². The monoisotopic (exact) mass is 381 g/mol. The second-order valence-corrected chi connectivity index (χ2v) is 6.97. The molecule has 3 nitrogen and oxygen atoms in total. The van der Waals surface area contributed by atoms with E-state index in [9.17, 15) is 9.59 Å². The van der Waals surface area contributed by atoms with Crippen molar-refractivity contribution in [3.63, 3.8) is 0 Å². The molecule has 1 N–H and O–H groups in total. The highest BCUT2D eigenvalue weighted by molar-refractivity contribution is 8.00. The zero-order valence-corrected chi connectivity index (χ0v) is 15.5. The van der Waals surface area contributed by atoms with Gasteiger partial charge in [0.15, 0.2) is 5.78 Å². The molecule has 0 atom stereocenters. The lowest BCUT2D eigenvalue weighted by Gasteiger charge is -2.06. The largest absolute Gasteiger partial charge is 0.325 e. The highest BCUT2D eigenvalue weighted by Crippen LogP contribution is 2.22. The molecule has 0 radical (unpaired) electrons. The van der Waals surface area contributed by atoms with Crippen molar-refractivity contribution in [3.05, 3.63) is 63.6 Å². The van der Waals surface area contributed by atoms with Crippen LogP contribution < -0.4 is 5.32 Å². The average molecular weight is 382 g/mol. The van der Waals surface area contributed by atoms with Gasteiger partial charge in [0, 0.05) is 16.3 Å². The van der Waals surface area contributed by atoms with Crippen molar-refractivity contribution in [3.8, 4) is 0 Å². The number of hydrogen-bond donors (Lipinski definition) is 1. The lowest BCUT2D eigenvalue weighted by molar-refractivity contribution is -0.113. The molecule has 2 aromatic carbocycles. The Hall–Kier alpha value is -1.49. The predicted molar refractivity (Wildman–Crippen MR) is 103 cm³/mol. The van der Waals surface area contributed by atoms with Gasteiger partial charge >= 0.3 is 0 Å². The molecular formula is C18H17Cl2NO2S. The number of aryl methyl sites for hydroxylation is 1. The summed E-state index contributed by atoms with van der Waals surface area (Å²) < 4.78 is 0. The minimum Gasteiger partial charge on any atom is -0.325 e. The molecular weight excluding hydrogens is 365 g/mol. The van der Waals surface area contributed by atoms with E-state index in [-0.39, 0.29) is 23.2 Å². The van der Waals surface area contributed by atoms with E-state index < -0.39 is 0 Å². The number of ketones is 1. The zero-order valence-electron chi connectivity index (χ0n) is 13.1. The average Bonchev–Trinajstić information content (AvgIpc) is 2.55. The van der Waals surface area contributed by atoms with Crippen LogP contribution in [0.25, 0.3) is 0 Å². The van der Waals surface area contributed by atoms with Crippen molar-refractivity contribution < 1.29 is 9.59 Å². The molecule has 0 spiro atoms. The summed E-state index contributed by atoms with van der Waals surface area (Å²) in [5.74, 6) is 0.122. The van der Waals surface area contributed by atoms with E-state index in [1.807, 2.05) is 24.3 Å². The van der Waals surface area contributed by atoms with Crippen LogP contribution in [-0.4, -0.2) is 23.2 Å². The number of rotatable bonds is 7. The first-order valence-corrected chi connectivity index (χ1v) is 9.35. The van der Waals surface area contributed by atoms with E-state index in [0.717, 1.165) is 12.1 Å². The number of nitrogens with one attached hydrogen (secondary N) is 1. The Bertz CT molecular complexity index is 732. The maximum absolute atomic E-state index is 12.1. The number of halogens is 2. The lowest BCUT2D eigenvalue weighted by atomic mass is 10.1. The Labute approximate surface area is 155 Å². The second-order valence-electron chi connectivity index (χ2n) is 5.14. The first-order valence-electron chi connectivity index (χ1n) is 7.44. The lowest BCUT2D eigenvalue weighted by Crippen LogP contribution is -2.15. The minimum atomic E-state index is -0.140. The molecule has 0 unspecified atom stereocenters. The van der Waals surface area contributed by atoms with Crippen molar-refractivity contribution in [2.45, 2.75) is 13.3 Å². The van der Waals surface area contributed by atoms with Crippen molar-refractivity contribution in [1.29, 1.82) is 0 Å². The smallest absolute Gasteiger partial charge is 0.234 e. The van der Waals surface area contributed by atoms with E-state index in [0.29, 0.717) is 15.6 Å². The van der Waals surface area contributed by atoms with Crippen LogP contribution in [0, 0.1) is 0 Å². The summed E-state index contributed by atoms with van der Waals surface area (Å²) in [5.41, 5.74) is 2.39. The van der Waals surface area contributed by atoms with Crippen LogP contribution in [0.2, 0.25) is 10.0 Å². The summed E-state index contributed by atoms with van der Waals surface area (Å²) in [6.07, 6.45) is 0.958. The molecule has 2 rings (SSSR count). The van der Waals surface area contributed by atoms with E-state index in [1.165, 1.54) is 23.4 Å². The topological polar surface area (TPSA) is 46.2 Å². The number of carbonyl (C=O) groups excluding carboxylic acids is 2. The first-order chi connectivity index (χ1) is 11.5. The summed E-state index contributed by atoms with van der Waals surface area (Å²) in [4.78, 5) is 24.0. The number of anilines is 1. The fourth-order valence-electron chi connectivity index (χ4n) is 2.05. The van der Waals surface area contributed by atoms with Crippen LogP contribution in [-0.2, 0) is 11.2 Å². The third-order valence-electron chi connectivity index (χ3n) is 3.34. The molecule has 0 heterocycles. The molecule has 0 saturated carbocycles. The molecule has 0 aliphatic rings. The fourth-order valence-corrected chi connectivity index (χ4v) is 3.27. The van der Waals surface area contributed by atoms with Gasteiger partial charge in [0.05, 0.1) is 16.5 Å². The van der Waals surface area contributed by atoms with Gasteiger partial charge in [-0.05, 0) is 42.3 Å². The van der Waals surface area contributed by atoms with Crippen LogP contribution >= 0.6 is 35.0 Å². The van der Waals surface area contributed by atoms with Gasteiger partial charge in [0.1, 0.15) is 0 Å². The standard InChI is InChI=1S/C18H17Cl2NO2S/c1-2-12-3-6-14(7-4-12)21-18(23)11-24-10-17(22)15-8-5-13(19)9-16(15)20/h3-9H,2,10-11H2,1H3,(H,21,23). The minimum absolute atomic E-state index is 0.123. The molecule has 126 valence electrons. The molecule has 24 heavy (non-hydrogen) atoms. The SMILES string of the molecule is CCc1ccc(NC(=O)CSCC(=O)c2ccc(Cl)cc2Cl)cc1. The van der Waals surface area contributed by atoms with Gasteiger partial charge in [-0.15, -0.1) is 11.8 Å². The third kappa shape index (κ3) is 5.55. The van der Waals surface area contributed by atoms with Gasteiger partial charge < -0.3 is 5.32 Å². The number of Topliss-reactive ketones (excluding diaryl/α,β-unsaturated/α-hetero) is 1. The predicted octanol–water partition coefficient (Wildman–Crippen LogP) is 5.11. The van der Waals surface area contributed by atoms with Crippen molar-refractivity contribution in [1.82, 2.24) is 0 Å². The summed E-state index contributed by atoms with van der Waals surface area (Å²) in [5, 5.41) is 3.62. The maximum atomic E-state index is 12.1. The van der Waals surface area contributed by atoms with Gasteiger partial charge in [0.25, 0.3) is 0 Å². The molecule has 0 bridgehead atoms. The van der Waals surface area contributed by atoms with Gasteiger partial charge in [-0.25, -0.2) is 0 Å². The molecule has 2 aromatic rings. The third-order valence-corrected chi connectivity index (χ3v) is 4.82. The highest BCUT2D eigenvalue weighted by Gasteiger charge is 2.12. The Morgan fingerprint density at radius 3 is 2.38 bits per heavy atom. The van der Waals surface area contributed by atoms with Gasteiger partial charge in [-0.1, -0.05) is 42.3 Å². The van der Waals surface area contributed by atoms with Gasteiger partial charge in [0.2, 0.25) is 5.91 Å². The number of benzene rings is 2. The molecule has 1 amide bonds. The van der Waals surface area contributed by atoms with E-state index in [2.05, 4.69) is 12.2 Å². The number of hydrogen-bond acceptors (Lipinski definition) is 3. The second kappa shape index (κ2) is 9.11. The summed E-state index contributed by atoms with van der Waals surface area (Å²) in [6.45, 7) is 2.08. The summed E-state index contributed by atoms with van der Waals surface area (Å²) >= 11 is 13.1. The van der Waals surface area contributed by atoms with E-state index in [1.54, 1.807) is 12.1 Å². The quantitative estimate of drug-likeness (QED) is 0.677. The Morgan fingerprint density at radius 1 is 1.04 bits per heavy atom. The molecule has 6 heteroatoms. The Balaban J connectivity index is 1.80. The highest BCUT2D eigenvalue weighted by atomic mass is 35.5. The Kier molecular flexibility index (Phi) is 7.16. The fraction of sp³-hybridized carbons (Fsp3) is 0.222. The van der Waals surface area contributed by atoms with Crippen LogP contribution in [0.1, 0.15) is 22.8 Å². The molecule has 0 saturated heterocycles. The van der Waals surface area contributed by atoms with Gasteiger partial charge in [-0.3, -0.25) is 9.59 Å². The van der Waals surface area contributed by atoms with Crippen LogP contribution in [0.5, 0.6) is 0 Å². The molecule has 0 aliphatic carbocycles. The van der Waals surface area contributed by atoms with E-state index in [4.69, 9.17) is 23.2 Å². The van der Waals surface area contributed by atoms with Crippen molar-refractivity contribution in [2.75, 3.05) is 16.8 Å². The number of thioether (sulfide) groups is 1. The summed E-state index contributed by atoms with van der Waals surface area (Å²) in [7, 11) is 0. The van der Waals surface area contributed by atoms with Crippen molar-refractivity contribution in [2.24, 2.45) is 0 Å². The van der Waals surface area contributed by atoms with Gasteiger partial charge in [-0.2, -0.15) is 0 Å². The summed E-state index contributed by atoms with van der Waals surface area (Å²) in [6, 6.07) is 12.5. The number of amides is 1. The molecule has 0 aliphatic heterocycles. The Morgan fingerprint density at radius 2 is 1.75 bits per heavy atom. The zero-order chi connectivity index (χ0) is 17.5. The number of carbonyl (C=O) groups is 2. The molecule has 0 aromatic heterocycles. The van der Waals surface area contributed by atoms with Crippen LogP contribution in [0.4, 0.5) is 5.69 Å². The maximum Gasteiger partial charge on any atom is 0.234 e. The van der Waals surface area contributed by atoms with Crippen LogP contribution in [0.3, 0.4) is 0 Å². The normalized spacial score (nSPS) is 10.5. The first kappa shape index (κ1) is 18.8. The van der Waals surface area contributed by atoms with Crippen LogP contribution in [0.15, 0.2) is 42.5 Å². The molecule has 0 fully saturated rings.